The molecule has 0 aromatic carbocycles. The van der Waals surface area contributed by atoms with Gasteiger partial charge in [0.05, 0.1) is 11.6 Å². The van der Waals surface area contributed by atoms with Crippen molar-refractivity contribution in [1.82, 2.24) is 15.3 Å². The number of pyridine rings is 1. The lowest BCUT2D eigenvalue weighted by atomic mass is 9.97. The Morgan fingerprint density at radius 1 is 1.25 bits per heavy atom. The van der Waals surface area contributed by atoms with Gasteiger partial charge in [-0.1, -0.05) is 45.1 Å². The normalized spacial score (nSPS) is 17.4. The molecule has 154 valence electrons. The Labute approximate surface area is 168 Å². The SMILES string of the molecule is CCCCCCCCC(=O)N1CCC[C@H](C(=O)N/N=C(\C)c2cccnc2)C1. The maximum absolute atomic E-state index is 12.5. The summed E-state index contributed by atoms with van der Waals surface area (Å²) in [5.41, 5.74) is 4.26. The molecule has 1 aromatic rings. The van der Waals surface area contributed by atoms with Crippen molar-refractivity contribution in [2.75, 3.05) is 13.1 Å². The van der Waals surface area contributed by atoms with Gasteiger partial charge in [0.1, 0.15) is 0 Å². The van der Waals surface area contributed by atoms with E-state index in [2.05, 4.69) is 22.4 Å². The van der Waals surface area contributed by atoms with Gasteiger partial charge in [0.15, 0.2) is 0 Å². The third kappa shape index (κ3) is 7.41. The second-order valence-electron chi connectivity index (χ2n) is 7.61. The van der Waals surface area contributed by atoms with Crippen molar-refractivity contribution in [3.63, 3.8) is 0 Å². The predicted molar refractivity (Wildman–Crippen MR) is 112 cm³/mol. The largest absolute Gasteiger partial charge is 0.342 e. The molecule has 1 atom stereocenters. The van der Waals surface area contributed by atoms with Crippen molar-refractivity contribution in [2.24, 2.45) is 11.0 Å². The molecule has 6 nitrogen and oxygen atoms in total. The molecule has 2 amide bonds. The molecule has 28 heavy (non-hydrogen) atoms. The third-order valence-electron chi connectivity index (χ3n) is 5.30. The molecule has 0 saturated carbocycles. The van der Waals surface area contributed by atoms with Gasteiger partial charge in [-0.3, -0.25) is 14.6 Å². The summed E-state index contributed by atoms with van der Waals surface area (Å²) in [5, 5.41) is 4.20. The van der Waals surface area contributed by atoms with Gasteiger partial charge >= 0.3 is 0 Å². The highest BCUT2D eigenvalue weighted by atomic mass is 16.2. The summed E-state index contributed by atoms with van der Waals surface area (Å²) in [7, 11) is 0. The molecule has 0 spiro atoms. The van der Waals surface area contributed by atoms with Crippen molar-refractivity contribution in [3.05, 3.63) is 30.1 Å². The number of aromatic nitrogens is 1. The number of unbranched alkanes of at least 4 members (excludes halogenated alkanes) is 5. The van der Waals surface area contributed by atoms with Crippen LogP contribution in [0.3, 0.4) is 0 Å². The van der Waals surface area contributed by atoms with Crippen LogP contribution in [0.4, 0.5) is 0 Å². The van der Waals surface area contributed by atoms with E-state index in [0.29, 0.717) is 18.7 Å². The van der Waals surface area contributed by atoms with Crippen molar-refractivity contribution in [2.45, 2.75) is 71.6 Å². The van der Waals surface area contributed by atoms with Crippen molar-refractivity contribution >= 4 is 17.5 Å². The minimum atomic E-state index is -0.187. The number of nitrogens with zero attached hydrogens (tertiary/aromatic N) is 3. The van der Waals surface area contributed by atoms with Gasteiger partial charge < -0.3 is 4.90 Å². The maximum atomic E-state index is 12.5. The molecule has 0 aliphatic carbocycles. The zero-order valence-electron chi connectivity index (χ0n) is 17.3. The second-order valence-corrected chi connectivity index (χ2v) is 7.61. The molecule has 0 unspecified atom stereocenters. The van der Waals surface area contributed by atoms with Crippen LogP contribution in [-0.2, 0) is 9.59 Å². The van der Waals surface area contributed by atoms with Crippen molar-refractivity contribution in [1.29, 1.82) is 0 Å². The number of carbonyl (C=O) groups excluding carboxylic acids is 2. The summed E-state index contributed by atoms with van der Waals surface area (Å²) >= 11 is 0. The molecule has 1 N–H and O–H groups in total. The van der Waals surface area contributed by atoms with Gasteiger partial charge in [0.25, 0.3) is 0 Å². The quantitative estimate of drug-likeness (QED) is 0.376. The number of amides is 2. The lowest BCUT2D eigenvalue weighted by Gasteiger charge is -2.31. The number of likely N-dealkylation sites (tertiary alicyclic amines) is 1. The fraction of sp³-hybridized carbons (Fsp3) is 0.636. The number of carbonyl (C=O) groups is 2. The molecule has 0 bridgehead atoms. The minimum absolute atomic E-state index is 0.111. The van der Waals surface area contributed by atoms with Crippen molar-refractivity contribution < 1.29 is 9.59 Å². The highest BCUT2D eigenvalue weighted by molar-refractivity contribution is 5.99. The molecular formula is C22H34N4O2. The van der Waals surface area contributed by atoms with Crippen LogP contribution in [0.2, 0.25) is 0 Å². The van der Waals surface area contributed by atoms with Crippen molar-refractivity contribution in [3.8, 4) is 0 Å². The molecule has 1 fully saturated rings. The van der Waals surface area contributed by atoms with E-state index >= 15 is 0 Å². The summed E-state index contributed by atoms with van der Waals surface area (Å²) < 4.78 is 0. The number of rotatable bonds is 10. The average molecular weight is 387 g/mol. The van der Waals surface area contributed by atoms with Gasteiger partial charge in [-0.2, -0.15) is 5.10 Å². The Morgan fingerprint density at radius 3 is 2.79 bits per heavy atom. The lowest BCUT2D eigenvalue weighted by Crippen LogP contribution is -2.44. The lowest BCUT2D eigenvalue weighted by molar-refractivity contribution is -0.135. The van der Waals surface area contributed by atoms with E-state index in [-0.39, 0.29) is 17.7 Å². The van der Waals surface area contributed by atoms with Gasteiger partial charge in [0, 0.05) is 37.5 Å². The van der Waals surface area contributed by atoms with Crippen LogP contribution in [0.25, 0.3) is 0 Å². The first-order valence-corrected chi connectivity index (χ1v) is 10.6. The maximum Gasteiger partial charge on any atom is 0.244 e. The Morgan fingerprint density at radius 2 is 2.04 bits per heavy atom. The fourth-order valence-electron chi connectivity index (χ4n) is 3.50. The van der Waals surface area contributed by atoms with E-state index in [1.165, 1.54) is 25.7 Å². The molecule has 1 saturated heterocycles. The molecule has 1 aliphatic heterocycles. The van der Waals surface area contributed by atoms with E-state index < -0.39 is 0 Å². The van der Waals surface area contributed by atoms with Crippen LogP contribution >= 0.6 is 0 Å². The number of hydrogen-bond acceptors (Lipinski definition) is 4. The first-order chi connectivity index (χ1) is 13.6. The van der Waals surface area contributed by atoms with Gasteiger partial charge in [-0.25, -0.2) is 5.43 Å². The molecule has 6 heteroatoms. The topological polar surface area (TPSA) is 74.7 Å². The van der Waals surface area contributed by atoms with Crippen LogP contribution in [0.5, 0.6) is 0 Å². The minimum Gasteiger partial charge on any atom is -0.342 e. The smallest absolute Gasteiger partial charge is 0.244 e. The van der Waals surface area contributed by atoms with Gasteiger partial charge in [-0.15, -0.1) is 0 Å². The molecule has 0 radical (unpaired) electrons. The first kappa shape index (κ1) is 22.1. The van der Waals surface area contributed by atoms with Gasteiger partial charge in [0.2, 0.25) is 11.8 Å². The summed E-state index contributed by atoms with van der Waals surface area (Å²) in [5.74, 6) is -0.115. The number of hydrogen-bond donors (Lipinski definition) is 1. The molecule has 2 rings (SSSR count). The highest BCUT2D eigenvalue weighted by Crippen LogP contribution is 2.18. The van der Waals surface area contributed by atoms with E-state index in [1.54, 1.807) is 12.4 Å². The number of hydrazone groups is 1. The van der Waals surface area contributed by atoms with Gasteiger partial charge in [-0.05, 0) is 32.3 Å². The monoisotopic (exact) mass is 386 g/mol. The molecular weight excluding hydrogens is 352 g/mol. The van der Waals surface area contributed by atoms with E-state index in [0.717, 1.165) is 37.8 Å². The zero-order valence-corrected chi connectivity index (χ0v) is 17.3. The van der Waals surface area contributed by atoms with E-state index in [9.17, 15) is 9.59 Å². The highest BCUT2D eigenvalue weighted by Gasteiger charge is 2.28. The first-order valence-electron chi connectivity index (χ1n) is 10.6. The molecule has 1 aliphatic rings. The van der Waals surface area contributed by atoms with Crippen LogP contribution in [0.1, 0.15) is 77.2 Å². The summed E-state index contributed by atoms with van der Waals surface area (Å²) in [6, 6.07) is 3.74. The molecule has 1 aromatic heterocycles. The fourth-order valence-corrected chi connectivity index (χ4v) is 3.50. The Kier molecular flexibility index (Phi) is 9.66. The van der Waals surface area contributed by atoms with E-state index in [1.807, 2.05) is 24.0 Å². The average Bonchev–Trinajstić information content (AvgIpc) is 2.74. The summed E-state index contributed by atoms with van der Waals surface area (Å²) in [6.07, 6.45) is 12.7. The Bertz CT molecular complexity index is 645. The predicted octanol–water partition coefficient (Wildman–Crippen LogP) is 3.91. The molecule has 2 heterocycles. The zero-order chi connectivity index (χ0) is 20.2. The second kappa shape index (κ2) is 12.3. The Balaban J connectivity index is 1.75. The number of nitrogens with one attached hydrogen (secondary N) is 1. The van der Waals surface area contributed by atoms with Crippen LogP contribution in [0, 0.1) is 5.92 Å². The number of piperidine rings is 1. The summed E-state index contributed by atoms with van der Waals surface area (Å²) in [6.45, 7) is 5.31. The van der Waals surface area contributed by atoms with E-state index in [4.69, 9.17) is 0 Å². The summed E-state index contributed by atoms with van der Waals surface area (Å²) in [4.78, 5) is 30.9. The Hall–Kier alpha value is -2.24. The third-order valence-corrected chi connectivity index (χ3v) is 5.30. The van der Waals surface area contributed by atoms with Crippen LogP contribution < -0.4 is 5.43 Å². The van der Waals surface area contributed by atoms with Crippen LogP contribution in [-0.4, -0.2) is 40.5 Å². The van der Waals surface area contributed by atoms with Crippen LogP contribution in [0.15, 0.2) is 29.6 Å². The standard InChI is InChI=1S/C22H34N4O2/c1-3-4-5-6-7-8-13-21(27)26-15-10-12-20(17-26)22(28)25-24-18(2)19-11-9-14-23-16-19/h9,11,14,16,20H,3-8,10,12-13,15,17H2,1-2H3,(H,25,28)/b24-18+/t20-/m0/s1.